The minimum absolute atomic E-state index is 0. The van der Waals surface area contributed by atoms with Gasteiger partial charge < -0.3 is 16.0 Å². The van der Waals surface area contributed by atoms with Crippen LogP contribution in [0.25, 0.3) is 0 Å². The topological polar surface area (TPSA) is 58.4 Å². The van der Waals surface area contributed by atoms with Gasteiger partial charge in [0.2, 0.25) is 5.91 Å². The van der Waals surface area contributed by atoms with E-state index in [1.165, 1.54) is 5.56 Å². The van der Waals surface area contributed by atoms with Crippen molar-refractivity contribution in [3.63, 3.8) is 0 Å². The Balaban J connectivity index is 0.00000289. The van der Waals surface area contributed by atoms with E-state index in [0.717, 1.165) is 13.1 Å². The molecule has 0 saturated carbocycles. The predicted molar refractivity (Wildman–Crippen MR) is 76.7 cm³/mol. The molecular formula is C13H22ClN3O. The van der Waals surface area contributed by atoms with Crippen LogP contribution in [0.15, 0.2) is 30.3 Å². The smallest absolute Gasteiger partial charge is 0.221 e. The zero-order chi connectivity index (χ0) is 12.5. The van der Waals surface area contributed by atoms with E-state index in [1.807, 2.05) is 25.2 Å². The summed E-state index contributed by atoms with van der Waals surface area (Å²) in [6.07, 6.45) is 0.405. The van der Waals surface area contributed by atoms with Crippen LogP contribution in [0.2, 0.25) is 0 Å². The summed E-state index contributed by atoms with van der Waals surface area (Å²) in [5.74, 6) is 0.0283. The third-order valence-electron chi connectivity index (χ3n) is 2.48. The highest BCUT2D eigenvalue weighted by atomic mass is 35.5. The van der Waals surface area contributed by atoms with E-state index in [1.54, 1.807) is 0 Å². The van der Waals surface area contributed by atoms with Gasteiger partial charge in [0.25, 0.3) is 0 Å². The number of nitrogens with zero attached hydrogens (tertiary/aromatic N) is 1. The molecule has 0 heterocycles. The molecule has 4 nitrogen and oxygen atoms in total. The fraction of sp³-hybridized carbons (Fsp3) is 0.462. The van der Waals surface area contributed by atoms with Crippen molar-refractivity contribution >= 4 is 18.3 Å². The molecule has 1 rings (SSSR count). The Morgan fingerprint density at radius 3 is 2.61 bits per heavy atom. The maximum Gasteiger partial charge on any atom is 0.221 e. The van der Waals surface area contributed by atoms with Crippen LogP contribution < -0.4 is 11.1 Å². The van der Waals surface area contributed by atoms with E-state index in [-0.39, 0.29) is 18.3 Å². The lowest BCUT2D eigenvalue weighted by atomic mass is 10.2. The van der Waals surface area contributed by atoms with Crippen molar-refractivity contribution in [3.8, 4) is 0 Å². The van der Waals surface area contributed by atoms with Crippen molar-refractivity contribution in [3.05, 3.63) is 35.9 Å². The molecule has 0 spiro atoms. The molecule has 0 atom stereocenters. The SMILES string of the molecule is CN(CCNC(=O)CCN)Cc1ccccc1.Cl. The fourth-order valence-electron chi connectivity index (χ4n) is 1.58. The second kappa shape index (κ2) is 9.88. The Morgan fingerprint density at radius 1 is 1.33 bits per heavy atom. The van der Waals surface area contributed by atoms with Crippen LogP contribution in [0.4, 0.5) is 0 Å². The molecule has 0 aromatic heterocycles. The lowest BCUT2D eigenvalue weighted by Gasteiger charge is -2.16. The number of rotatable bonds is 7. The largest absolute Gasteiger partial charge is 0.355 e. The maximum absolute atomic E-state index is 11.2. The van der Waals surface area contributed by atoms with Gasteiger partial charge in [-0.3, -0.25) is 4.79 Å². The molecule has 0 bridgehead atoms. The number of nitrogens with two attached hydrogens (primary N) is 1. The summed E-state index contributed by atoms with van der Waals surface area (Å²) in [5, 5.41) is 2.84. The minimum Gasteiger partial charge on any atom is -0.355 e. The lowest BCUT2D eigenvalue weighted by molar-refractivity contribution is -0.120. The van der Waals surface area contributed by atoms with E-state index in [0.29, 0.717) is 19.5 Å². The van der Waals surface area contributed by atoms with Crippen molar-refractivity contribution in [2.24, 2.45) is 5.73 Å². The Morgan fingerprint density at radius 2 is 2.00 bits per heavy atom. The summed E-state index contributed by atoms with van der Waals surface area (Å²) in [6.45, 7) is 2.81. The standard InChI is InChI=1S/C13H21N3O.ClH/c1-16(10-9-15-13(17)7-8-14)11-12-5-3-2-4-6-12;/h2-6H,7-11,14H2,1H3,(H,15,17);1H. The van der Waals surface area contributed by atoms with E-state index in [4.69, 9.17) is 5.73 Å². The van der Waals surface area contributed by atoms with Crippen molar-refractivity contribution in [1.29, 1.82) is 0 Å². The summed E-state index contributed by atoms with van der Waals surface area (Å²) < 4.78 is 0. The summed E-state index contributed by atoms with van der Waals surface area (Å²) in [6, 6.07) is 10.3. The summed E-state index contributed by atoms with van der Waals surface area (Å²) >= 11 is 0. The second-order valence-corrected chi connectivity index (χ2v) is 4.11. The normalized spacial score (nSPS) is 9.94. The molecule has 0 aliphatic rings. The number of nitrogens with one attached hydrogen (secondary N) is 1. The van der Waals surface area contributed by atoms with Crippen LogP contribution in [0, 0.1) is 0 Å². The molecule has 0 fully saturated rings. The zero-order valence-corrected chi connectivity index (χ0v) is 11.6. The van der Waals surface area contributed by atoms with Gasteiger partial charge in [-0.05, 0) is 12.6 Å². The van der Waals surface area contributed by atoms with Gasteiger partial charge in [0.15, 0.2) is 0 Å². The summed E-state index contributed by atoms with van der Waals surface area (Å²) in [7, 11) is 2.04. The fourth-order valence-corrected chi connectivity index (χ4v) is 1.58. The third-order valence-corrected chi connectivity index (χ3v) is 2.48. The first-order chi connectivity index (χ1) is 8.22. The average molecular weight is 272 g/mol. The van der Waals surface area contributed by atoms with Gasteiger partial charge >= 0.3 is 0 Å². The molecule has 1 aromatic carbocycles. The van der Waals surface area contributed by atoms with Crippen LogP contribution in [0.5, 0.6) is 0 Å². The number of carbonyl (C=O) groups is 1. The summed E-state index contributed by atoms with van der Waals surface area (Å²) in [4.78, 5) is 13.4. The highest BCUT2D eigenvalue weighted by Crippen LogP contribution is 2.01. The van der Waals surface area contributed by atoms with Crippen molar-refractivity contribution in [2.45, 2.75) is 13.0 Å². The third kappa shape index (κ3) is 7.27. The van der Waals surface area contributed by atoms with Gasteiger partial charge in [-0.2, -0.15) is 0 Å². The molecule has 18 heavy (non-hydrogen) atoms. The van der Waals surface area contributed by atoms with Crippen LogP contribution in [0.1, 0.15) is 12.0 Å². The van der Waals surface area contributed by atoms with E-state index in [9.17, 15) is 4.79 Å². The molecule has 1 amide bonds. The predicted octanol–water partition coefficient (Wildman–Crippen LogP) is 1.01. The number of likely N-dealkylation sites (N-methyl/N-ethyl adjacent to an activating group) is 1. The first kappa shape index (κ1) is 16.9. The molecular weight excluding hydrogens is 250 g/mol. The Hall–Kier alpha value is -1.10. The molecule has 0 aliphatic carbocycles. The molecule has 1 aromatic rings. The lowest BCUT2D eigenvalue weighted by Crippen LogP contribution is -2.33. The Kier molecular flexibility index (Phi) is 9.28. The second-order valence-electron chi connectivity index (χ2n) is 4.11. The van der Waals surface area contributed by atoms with Gasteiger partial charge in [0.1, 0.15) is 0 Å². The van der Waals surface area contributed by atoms with Gasteiger partial charge in [-0.1, -0.05) is 30.3 Å². The molecule has 0 unspecified atom stereocenters. The van der Waals surface area contributed by atoms with Crippen LogP contribution >= 0.6 is 12.4 Å². The number of hydrogen-bond acceptors (Lipinski definition) is 3. The van der Waals surface area contributed by atoms with E-state index >= 15 is 0 Å². The van der Waals surface area contributed by atoms with E-state index < -0.39 is 0 Å². The monoisotopic (exact) mass is 271 g/mol. The molecule has 3 N–H and O–H groups in total. The molecule has 5 heteroatoms. The number of halogens is 1. The van der Waals surface area contributed by atoms with Crippen molar-refractivity contribution in [2.75, 3.05) is 26.7 Å². The van der Waals surface area contributed by atoms with Crippen LogP contribution in [-0.2, 0) is 11.3 Å². The zero-order valence-electron chi connectivity index (χ0n) is 10.8. The quantitative estimate of drug-likeness (QED) is 0.778. The molecule has 0 saturated heterocycles. The highest BCUT2D eigenvalue weighted by molar-refractivity contribution is 5.85. The van der Waals surface area contributed by atoms with Crippen molar-refractivity contribution in [1.82, 2.24) is 10.2 Å². The minimum atomic E-state index is 0. The van der Waals surface area contributed by atoms with E-state index in [2.05, 4.69) is 22.3 Å². The first-order valence-corrected chi connectivity index (χ1v) is 5.91. The van der Waals surface area contributed by atoms with Crippen LogP contribution in [-0.4, -0.2) is 37.5 Å². The Bertz CT molecular complexity index is 332. The first-order valence-electron chi connectivity index (χ1n) is 5.91. The van der Waals surface area contributed by atoms with Gasteiger partial charge in [-0.15, -0.1) is 12.4 Å². The number of hydrogen-bond donors (Lipinski definition) is 2. The van der Waals surface area contributed by atoms with Crippen molar-refractivity contribution < 1.29 is 4.79 Å². The molecule has 0 aliphatic heterocycles. The van der Waals surface area contributed by atoms with Gasteiger partial charge in [0, 0.05) is 32.6 Å². The van der Waals surface area contributed by atoms with Crippen LogP contribution in [0.3, 0.4) is 0 Å². The number of benzene rings is 1. The van der Waals surface area contributed by atoms with Gasteiger partial charge in [-0.25, -0.2) is 0 Å². The maximum atomic E-state index is 11.2. The average Bonchev–Trinajstić information content (AvgIpc) is 2.30. The Labute approximate surface area is 115 Å². The summed E-state index contributed by atoms with van der Waals surface area (Å²) in [5.41, 5.74) is 6.57. The highest BCUT2D eigenvalue weighted by Gasteiger charge is 2.01. The number of carbonyl (C=O) groups excluding carboxylic acids is 1. The number of amides is 1. The molecule has 102 valence electrons. The molecule has 0 radical (unpaired) electrons. The van der Waals surface area contributed by atoms with Gasteiger partial charge in [0.05, 0.1) is 0 Å².